The summed E-state index contributed by atoms with van der Waals surface area (Å²) in [6.45, 7) is 3.39. The van der Waals surface area contributed by atoms with Gasteiger partial charge in [-0.25, -0.2) is 0 Å². The summed E-state index contributed by atoms with van der Waals surface area (Å²) in [4.78, 5) is 13.1. The van der Waals surface area contributed by atoms with E-state index in [0.29, 0.717) is 19.3 Å². The van der Waals surface area contributed by atoms with Crippen LogP contribution in [-0.2, 0) is 14.3 Å². The van der Waals surface area contributed by atoms with E-state index < -0.39 is 74.2 Å². The molecule has 0 saturated carbocycles. The summed E-state index contributed by atoms with van der Waals surface area (Å²) in [5.74, 6) is -0.715. The van der Waals surface area contributed by atoms with E-state index in [4.69, 9.17) is 9.47 Å². The Morgan fingerprint density at radius 3 is 1.49 bits per heavy atom. The van der Waals surface area contributed by atoms with Gasteiger partial charge in [0.25, 0.3) is 0 Å². The average molecular weight is 922 g/mol. The number of amides is 1. The number of hydrogen-bond donors (Lipinski definition) is 8. The zero-order valence-corrected chi connectivity index (χ0v) is 41.2. The van der Waals surface area contributed by atoms with Gasteiger partial charge in [0.1, 0.15) is 36.6 Å². The number of aliphatic hydroxyl groups is 7. The summed E-state index contributed by atoms with van der Waals surface area (Å²) in [6.07, 6.45) is 41.7. The fraction of sp³-hybridized carbons (Fsp3) is 0.833. The molecule has 1 saturated heterocycles. The standard InChI is InChI=1S/C54H99NO10/c1-3-5-7-9-11-13-15-17-18-19-20-21-22-23-24-25-26-27-28-29-30-32-34-36-38-40-42-47(58)53(63)55-45(44-64-54-52(62)51(61)50(60)48(43-56)65-54)49(59)46(57)41-39-37-35-33-31-16-14-12-10-8-6-4-2/h12,14,20-21,23-24,33,35,45-52,54,56-62H,3-11,13,15-19,22,25-32,34,36-44H2,1-2H3,(H,55,63)/b14-12+,21-20-,24-23-,35-33+. The van der Waals surface area contributed by atoms with Crippen LogP contribution in [0.2, 0.25) is 0 Å². The van der Waals surface area contributed by atoms with Gasteiger partial charge in [0.2, 0.25) is 5.91 Å². The number of nitrogens with one attached hydrogen (secondary N) is 1. The summed E-state index contributed by atoms with van der Waals surface area (Å²) in [5, 5.41) is 75.7. The van der Waals surface area contributed by atoms with Crippen LogP contribution in [0, 0.1) is 0 Å². The van der Waals surface area contributed by atoms with Gasteiger partial charge in [0, 0.05) is 0 Å². The maximum Gasteiger partial charge on any atom is 0.249 e. The topological polar surface area (TPSA) is 189 Å². The van der Waals surface area contributed by atoms with Crippen LogP contribution in [0.5, 0.6) is 0 Å². The maximum atomic E-state index is 13.1. The van der Waals surface area contributed by atoms with Crippen molar-refractivity contribution in [1.29, 1.82) is 0 Å². The average Bonchev–Trinajstić information content (AvgIpc) is 3.31. The number of aliphatic hydroxyl groups excluding tert-OH is 7. The van der Waals surface area contributed by atoms with Crippen molar-refractivity contribution < 1.29 is 50.0 Å². The van der Waals surface area contributed by atoms with Crippen LogP contribution in [0.25, 0.3) is 0 Å². The fourth-order valence-corrected chi connectivity index (χ4v) is 8.19. The monoisotopic (exact) mass is 922 g/mol. The molecule has 1 aliphatic rings. The highest BCUT2D eigenvalue weighted by Crippen LogP contribution is 2.23. The predicted molar refractivity (Wildman–Crippen MR) is 265 cm³/mol. The van der Waals surface area contributed by atoms with E-state index >= 15 is 0 Å². The van der Waals surface area contributed by atoms with Crippen LogP contribution < -0.4 is 5.32 Å². The molecule has 1 fully saturated rings. The first-order chi connectivity index (χ1) is 31.7. The van der Waals surface area contributed by atoms with Crippen molar-refractivity contribution in [2.45, 2.75) is 274 Å². The van der Waals surface area contributed by atoms with Crippen LogP contribution in [-0.4, -0.2) is 110 Å². The minimum atomic E-state index is -1.67. The summed E-state index contributed by atoms with van der Waals surface area (Å²) < 4.78 is 11.1. The highest BCUT2D eigenvalue weighted by atomic mass is 16.7. The molecule has 11 heteroatoms. The highest BCUT2D eigenvalue weighted by Gasteiger charge is 2.44. The van der Waals surface area contributed by atoms with Crippen molar-refractivity contribution in [3.8, 4) is 0 Å². The number of allylic oxidation sites excluding steroid dienone is 8. The van der Waals surface area contributed by atoms with Gasteiger partial charge in [0.15, 0.2) is 6.29 Å². The van der Waals surface area contributed by atoms with Gasteiger partial charge < -0.3 is 50.5 Å². The molecule has 0 aliphatic carbocycles. The molecule has 380 valence electrons. The zero-order chi connectivity index (χ0) is 47.6. The lowest BCUT2D eigenvalue weighted by Crippen LogP contribution is -2.60. The van der Waals surface area contributed by atoms with Crippen molar-refractivity contribution >= 4 is 5.91 Å². The van der Waals surface area contributed by atoms with Crippen molar-refractivity contribution in [3.63, 3.8) is 0 Å². The van der Waals surface area contributed by atoms with Crippen molar-refractivity contribution in [2.24, 2.45) is 0 Å². The lowest BCUT2D eigenvalue weighted by atomic mass is 9.98. The minimum absolute atomic E-state index is 0.243. The van der Waals surface area contributed by atoms with E-state index in [2.05, 4.69) is 67.8 Å². The molecule has 1 heterocycles. The fourth-order valence-electron chi connectivity index (χ4n) is 8.19. The third-order valence-electron chi connectivity index (χ3n) is 12.6. The third-order valence-corrected chi connectivity index (χ3v) is 12.6. The molecule has 0 bridgehead atoms. The Morgan fingerprint density at radius 1 is 0.538 bits per heavy atom. The zero-order valence-electron chi connectivity index (χ0n) is 41.2. The van der Waals surface area contributed by atoms with E-state index in [0.717, 1.165) is 51.4 Å². The van der Waals surface area contributed by atoms with Gasteiger partial charge >= 0.3 is 0 Å². The van der Waals surface area contributed by atoms with Crippen LogP contribution in [0.4, 0.5) is 0 Å². The molecule has 8 N–H and O–H groups in total. The highest BCUT2D eigenvalue weighted by molar-refractivity contribution is 5.80. The smallest absolute Gasteiger partial charge is 0.249 e. The first kappa shape index (κ1) is 61.1. The quantitative estimate of drug-likeness (QED) is 0.0216. The summed E-state index contributed by atoms with van der Waals surface area (Å²) in [6, 6.07) is -1.19. The molecule has 65 heavy (non-hydrogen) atoms. The molecule has 0 aromatic rings. The molecule has 1 amide bonds. The molecule has 1 aliphatic heterocycles. The van der Waals surface area contributed by atoms with Gasteiger partial charge in [-0.3, -0.25) is 4.79 Å². The van der Waals surface area contributed by atoms with E-state index in [1.54, 1.807) is 0 Å². The second-order valence-corrected chi connectivity index (χ2v) is 18.6. The van der Waals surface area contributed by atoms with Crippen LogP contribution in [0.3, 0.4) is 0 Å². The molecular formula is C54H99NO10. The molecule has 0 aromatic heterocycles. The van der Waals surface area contributed by atoms with E-state index in [1.807, 2.05) is 0 Å². The van der Waals surface area contributed by atoms with Gasteiger partial charge in [-0.1, -0.05) is 184 Å². The Morgan fingerprint density at radius 2 is 0.969 bits per heavy atom. The molecule has 0 aromatic carbocycles. The van der Waals surface area contributed by atoms with Gasteiger partial charge in [0.05, 0.1) is 25.4 Å². The Bertz CT molecular complexity index is 1190. The summed E-state index contributed by atoms with van der Waals surface area (Å²) in [7, 11) is 0. The van der Waals surface area contributed by atoms with Crippen LogP contribution >= 0.6 is 0 Å². The Kier molecular flexibility index (Phi) is 40.7. The van der Waals surface area contributed by atoms with E-state index in [1.165, 1.54) is 122 Å². The number of hydrogen-bond acceptors (Lipinski definition) is 10. The predicted octanol–water partition coefficient (Wildman–Crippen LogP) is 10.1. The molecule has 0 spiro atoms. The first-order valence-electron chi connectivity index (χ1n) is 26.5. The van der Waals surface area contributed by atoms with Crippen molar-refractivity contribution in [2.75, 3.05) is 13.2 Å². The Balaban J connectivity index is 2.32. The molecule has 9 atom stereocenters. The minimum Gasteiger partial charge on any atom is -0.394 e. The van der Waals surface area contributed by atoms with Gasteiger partial charge in [-0.05, 0) is 83.5 Å². The van der Waals surface area contributed by atoms with E-state index in [-0.39, 0.29) is 12.8 Å². The number of rotatable bonds is 44. The largest absolute Gasteiger partial charge is 0.394 e. The van der Waals surface area contributed by atoms with Crippen LogP contribution in [0.15, 0.2) is 48.6 Å². The first-order valence-corrected chi connectivity index (χ1v) is 26.5. The summed E-state index contributed by atoms with van der Waals surface area (Å²) in [5.41, 5.74) is 0. The maximum absolute atomic E-state index is 13.1. The van der Waals surface area contributed by atoms with Crippen molar-refractivity contribution in [1.82, 2.24) is 5.32 Å². The molecule has 0 radical (unpaired) electrons. The Labute approximate surface area is 396 Å². The van der Waals surface area contributed by atoms with E-state index in [9.17, 15) is 40.5 Å². The third kappa shape index (κ3) is 32.5. The molecule has 11 nitrogen and oxygen atoms in total. The number of unbranched alkanes of at least 4 members (excludes halogenated alkanes) is 24. The second kappa shape index (κ2) is 43.4. The molecule has 9 unspecified atom stereocenters. The second-order valence-electron chi connectivity index (χ2n) is 18.6. The van der Waals surface area contributed by atoms with Gasteiger partial charge in [-0.2, -0.15) is 0 Å². The number of carbonyl (C=O) groups excluding carboxylic acids is 1. The molecule has 1 rings (SSSR count). The van der Waals surface area contributed by atoms with Gasteiger partial charge in [-0.15, -0.1) is 0 Å². The number of carbonyl (C=O) groups is 1. The lowest BCUT2D eigenvalue weighted by molar-refractivity contribution is -0.303. The lowest BCUT2D eigenvalue weighted by Gasteiger charge is -2.40. The van der Waals surface area contributed by atoms with Crippen molar-refractivity contribution in [3.05, 3.63) is 48.6 Å². The normalized spacial score (nSPS) is 21.3. The Hall–Kier alpha value is -1.93. The summed E-state index contributed by atoms with van der Waals surface area (Å²) >= 11 is 0. The number of ether oxygens (including phenoxy) is 2. The SMILES string of the molecule is CCCCC/C=C/CC/C=C/CCCC(O)C(O)C(COC1OC(CO)C(O)C(O)C1O)NC(=O)C(O)CCCCCCCCCCCC/C=C\C/C=C\CCCCCCCCCCC. The van der Waals surface area contributed by atoms with Crippen LogP contribution in [0.1, 0.15) is 219 Å². The molecular weight excluding hydrogens is 823 g/mol.